The van der Waals surface area contributed by atoms with Crippen LogP contribution in [-0.4, -0.2) is 66.0 Å². The lowest BCUT2D eigenvalue weighted by Gasteiger charge is -2.22. The summed E-state index contributed by atoms with van der Waals surface area (Å²) in [5.74, 6) is 1.88. The zero-order chi connectivity index (χ0) is 29.3. The minimum Gasteiger partial charge on any atom is -0.497 e. The maximum Gasteiger partial charge on any atom is 0.227 e. The van der Waals surface area contributed by atoms with E-state index in [1.54, 1.807) is 13.3 Å². The number of aliphatic hydroxyl groups excluding tert-OH is 1. The number of hydrogen-bond donors (Lipinski definition) is 2. The van der Waals surface area contributed by atoms with Crippen LogP contribution in [0.5, 0.6) is 16.6 Å². The number of likely N-dealkylation sites (tertiary alicyclic amines) is 1. The van der Waals surface area contributed by atoms with Gasteiger partial charge < -0.3 is 24.6 Å². The Morgan fingerprint density at radius 1 is 1.14 bits per heavy atom. The molecule has 10 heteroatoms. The van der Waals surface area contributed by atoms with Crippen LogP contribution in [0, 0.1) is 11.3 Å². The maximum atomic E-state index is 10.1. The molecule has 1 fully saturated rings. The van der Waals surface area contributed by atoms with Crippen molar-refractivity contribution >= 4 is 23.0 Å². The Morgan fingerprint density at radius 2 is 2.00 bits per heavy atom. The fourth-order valence-corrected chi connectivity index (χ4v) is 6.32. The van der Waals surface area contributed by atoms with E-state index in [-0.39, 0.29) is 12.6 Å². The average molecular weight is 586 g/mol. The Balaban J connectivity index is 1.33. The van der Waals surface area contributed by atoms with Crippen molar-refractivity contribution in [2.75, 3.05) is 45.3 Å². The third kappa shape index (κ3) is 6.82. The molecule has 1 atom stereocenters. The van der Waals surface area contributed by atoms with Gasteiger partial charge in [-0.25, -0.2) is 9.97 Å². The molecule has 9 nitrogen and oxygen atoms in total. The summed E-state index contributed by atoms with van der Waals surface area (Å²) in [6.07, 6.45) is 4.80. The van der Waals surface area contributed by atoms with Gasteiger partial charge in [-0.15, -0.1) is 0 Å². The van der Waals surface area contributed by atoms with Crippen LogP contribution in [-0.2, 0) is 0 Å². The number of aromatic nitrogens is 2. The third-order valence-corrected chi connectivity index (χ3v) is 8.29. The molecule has 0 saturated carbocycles. The number of nitriles is 1. The molecule has 0 spiro atoms. The minimum absolute atomic E-state index is 0.222. The molecule has 42 heavy (non-hydrogen) atoms. The summed E-state index contributed by atoms with van der Waals surface area (Å²) in [5, 5.41) is 23.5. The normalized spacial score (nSPS) is 14.9. The quantitative estimate of drug-likeness (QED) is 0.179. The van der Waals surface area contributed by atoms with E-state index >= 15 is 0 Å². The second-order valence-corrected chi connectivity index (χ2v) is 10.9. The topological polar surface area (TPSA) is 113 Å². The molecule has 4 aromatic rings. The zero-order valence-corrected chi connectivity index (χ0v) is 24.7. The number of methoxy groups -OCH3 is 1. The highest BCUT2D eigenvalue weighted by Gasteiger charge is 2.24. The molecular formula is C32H35N5O4S. The molecule has 0 amide bonds. The van der Waals surface area contributed by atoms with Crippen LogP contribution in [0.4, 0.5) is 11.6 Å². The van der Waals surface area contributed by atoms with Crippen molar-refractivity contribution in [3.8, 4) is 44.3 Å². The van der Waals surface area contributed by atoms with Crippen LogP contribution in [0.15, 0.2) is 60.8 Å². The summed E-state index contributed by atoms with van der Waals surface area (Å²) >= 11 is 1.39. The smallest absolute Gasteiger partial charge is 0.227 e. The molecule has 3 heterocycles. The molecule has 0 bridgehead atoms. The highest BCUT2D eigenvalue weighted by molar-refractivity contribution is 7.18. The molecule has 1 unspecified atom stereocenters. The van der Waals surface area contributed by atoms with Crippen LogP contribution in [0.1, 0.15) is 31.7 Å². The Morgan fingerprint density at radius 3 is 2.81 bits per heavy atom. The molecule has 0 aliphatic carbocycles. The second-order valence-electron chi connectivity index (χ2n) is 9.88. The van der Waals surface area contributed by atoms with Crippen molar-refractivity contribution in [1.29, 1.82) is 5.26 Å². The Hall–Kier alpha value is -4.17. The van der Waals surface area contributed by atoms with Crippen LogP contribution < -0.4 is 19.5 Å². The molecule has 0 radical (unpaired) electrons. The van der Waals surface area contributed by atoms with Gasteiger partial charge >= 0.3 is 0 Å². The second kappa shape index (κ2) is 14.1. The van der Waals surface area contributed by atoms with Gasteiger partial charge in [-0.3, -0.25) is 4.90 Å². The van der Waals surface area contributed by atoms with E-state index in [2.05, 4.69) is 21.3 Å². The monoisotopic (exact) mass is 585 g/mol. The Bertz CT molecular complexity index is 1540. The molecule has 2 N–H and O–H groups in total. The first-order valence-corrected chi connectivity index (χ1v) is 15.0. The van der Waals surface area contributed by atoms with Crippen molar-refractivity contribution in [3.63, 3.8) is 0 Å². The first kappa shape index (κ1) is 29.3. The van der Waals surface area contributed by atoms with Gasteiger partial charge in [0, 0.05) is 36.1 Å². The van der Waals surface area contributed by atoms with Gasteiger partial charge in [0.15, 0.2) is 5.06 Å². The van der Waals surface area contributed by atoms with Crippen LogP contribution in [0.3, 0.4) is 0 Å². The summed E-state index contributed by atoms with van der Waals surface area (Å²) < 4.78 is 17.3. The number of rotatable bonds is 13. The maximum absolute atomic E-state index is 10.1. The van der Waals surface area contributed by atoms with Crippen LogP contribution in [0.25, 0.3) is 21.7 Å². The van der Waals surface area contributed by atoms with E-state index in [1.807, 2.05) is 61.5 Å². The molecular weight excluding hydrogens is 550 g/mol. The van der Waals surface area contributed by atoms with E-state index in [0.717, 1.165) is 59.8 Å². The number of aliphatic hydroxyl groups is 1. The number of nitrogens with one attached hydrogen (secondary N) is 1. The third-order valence-electron chi connectivity index (χ3n) is 7.17. The van der Waals surface area contributed by atoms with Crippen molar-refractivity contribution < 1.29 is 19.3 Å². The largest absolute Gasteiger partial charge is 0.497 e. The summed E-state index contributed by atoms with van der Waals surface area (Å²) in [6.45, 7) is 5.13. The van der Waals surface area contributed by atoms with Crippen molar-refractivity contribution in [3.05, 3.63) is 66.4 Å². The molecule has 2 aromatic heterocycles. The zero-order valence-electron chi connectivity index (χ0n) is 23.9. The molecule has 5 rings (SSSR count). The van der Waals surface area contributed by atoms with Gasteiger partial charge in [0.2, 0.25) is 5.95 Å². The highest BCUT2D eigenvalue weighted by Crippen LogP contribution is 2.47. The summed E-state index contributed by atoms with van der Waals surface area (Å²) in [7, 11) is 1.62. The number of benzene rings is 2. The van der Waals surface area contributed by atoms with Gasteiger partial charge in [-0.2, -0.15) is 5.26 Å². The minimum atomic E-state index is 0.222. The fourth-order valence-electron chi connectivity index (χ4n) is 5.17. The molecule has 2 aromatic carbocycles. The Labute approximate surface area is 250 Å². The van der Waals surface area contributed by atoms with Gasteiger partial charge in [0.1, 0.15) is 23.1 Å². The van der Waals surface area contributed by atoms with E-state index in [4.69, 9.17) is 19.2 Å². The van der Waals surface area contributed by atoms with Crippen molar-refractivity contribution in [2.45, 2.75) is 32.2 Å². The molecule has 1 aliphatic heterocycles. The first-order chi connectivity index (χ1) is 20.6. The van der Waals surface area contributed by atoms with Crippen LogP contribution >= 0.6 is 11.3 Å². The first-order valence-electron chi connectivity index (χ1n) is 14.2. The number of thiophene rings is 1. The van der Waals surface area contributed by atoms with Gasteiger partial charge in [0.25, 0.3) is 0 Å². The standard InChI is InChI=1S/C32H35N5O4S/c1-3-40-31-27(20-33)29(22-8-4-11-25(18-22)39-2)30(42-31)28-13-14-34-32(36-28)35-23-9-5-12-26(19-23)41-17-7-16-37-15-6-10-24(37)21-38/h4-5,8-9,11-14,18-19,24,38H,3,6-7,10,15-17,21H2,1-2H3,(H,34,35,36). The van der Waals surface area contributed by atoms with Gasteiger partial charge in [-0.1, -0.05) is 29.5 Å². The lowest BCUT2D eigenvalue weighted by molar-refractivity contribution is 0.150. The Kier molecular flexibility index (Phi) is 9.87. The summed E-state index contributed by atoms with van der Waals surface area (Å²) in [4.78, 5) is 12.4. The SMILES string of the molecule is CCOc1sc(-c2ccnc(Nc3cccc(OCCCN4CCCC4CO)c3)n2)c(-c2cccc(OC)c2)c1C#N. The van der Waals surface area contributed by atoms with E-state index in [0.29, 0.717) is 41.2 Å². The number of hydrogen-bond acceptors (Lipinski definition) is 10. The lowest BCUT2D eigenvalue weighted by atomic mass is 10.0. The number of ether oxygens (including phenoxy) is 3. The predicted octanol–water partition coefficient (Wildman–Crippen LogP) is 6.12. The predicted molar refractivity (Wildman–Crippen MR) is 165 cm³/mol. The van der Waals surface area contributed by atoms with Crippen LogP contribution in [0.2, 0.25) is 0 Å². The highest BCUT2D eigenvalue weighted by atomic mass is 32.1. The summed E-state index contributed by atoms with van der Waals surface area (Å²) in [6, 6.07) is 19.8. The van der Waals surface area contributed by atoms with Gasteiger partial charge in [0.05, 0.1) is 37.5 Å². The average Bonchev–Trinajstić information content (AvgIpc) is 3.64. The molecule has 1 saturated heterocycles. The number of anilines is 2. The number of nitrogens with zero attached hydrogens (tertiary/aromatic N) is 4. The van der Waals surface area contributed by atoms with Gasteiger partial charge in [-0.05, 0) is 68.6 Å². The molecule has 218 valence electrons. The van der Waals surface area contributed by atoms with Crippen molar-refractivity contribution in [1.82, 2.24) is 14.9 Å². The fraction of sp³-hybridized carbons (Fsp3) is 0.344. The molecule has 1 aliphatic rings. The van der Waals surface area contributed by atoms with E-state index < -0.39 is 0 Å². The van der Waals surface area contributed by atoms with E-state index in [9.17, 15) is 10.4 Å². The van der Waals surface area contributed by atoms with E-state index in [1.165, 1.54) is 11.3 Å². The summed E-state index contributed by atoms with van der Waals surface area (Å²) in [5.41, 5.74) is 3.55. The lowest BCUT2D eigenvalue weighted by Crippen LogP contribution is -2.33. The van der Waals surface area contributed by atoms with Crippen molar-refractivity contribution in [2.24, 2.45) is 0 Å².